The number of nitrogens with one attached hydrogen (secondary N) is 1. The van der Waals surface area contributed by atoms with Gasteiger partial charge in [-0.15, -0.1) is 5.10 Å². The first-order chi connectivity index (χ1) is 12.0. The minimum atomic E-state index is -0.273. The average Bonchev–Trinajstić information content (AvgIpc) is 3.30. The van der Waals surface area contributed by atoms with E-state index < -0.39 is 0 Å². The van der Waals surface area contributed by atoms with Gasteiger partial charge in [-0.2, -0.15) is 0 Å². The standard InChI is InChI=1S/C16H22N4O4S/c1-11-5-6-13(24-11)8-19(2)14(21)10-25-16-18-17-15(22)20(16)9-12-4-3-7-23-12/h5-6,12H,3-4,7-10H2,1-2H3,(H,17,22). The van der Waals surface area contributed by atoms with Crippen LogP contribution in [0.25, 0.3) is 0 Å². The highest BCUT2D eigenvalue weighted by Gasteiger charge is 2.20. The van der Waals surface area contributed by atoms with Crippen molar-refractivity contribution in [3.8, 4) is 0 Å². The number of ether oxygens (including phenoxy) is 1. The predicted octanol–water partition coefficient (Wildman–Crippen LogP) is 1.40. The van der Waals surface area contributed by atoms with Crippen molar-refractivity contribution in [3.05, 3.63) is 34.1 Å². The Morgan fingerprint density at radius 2 is 2.36 bits per heavy atom. The van der Waals surface area contributed by atoms with E-state index in [1.54, 1.807) is 16.5 Å². The Kier molecular flexibility index (Phi) is 5.64. The van der Waals surface area contributed by atoms with Gasteiger partial charge in [-0.3, -0.25) is 9.36 Å². The van der Waals surface area contributed by atoms with Crippen LogP contribution in [0, 0.1) is 6.92 Å². The fourth-order valence-electron chi connectivity index (χ4n) is 2.69. The highest BCUT2D eigenvalue weighted by atomic mass is 32.2. The topological polar surface area (TPSA) is 93.4 Å². The number of hydrogen-bond donors (Lipinski definition) is 1. The molecule has 0 aliphatic carbocycles. The van der Waals surface area contributed by atoms with Crippen LogP contribution in [0.4, 0.5) is 0 Å². The van der Waals surface area contributed by atoms with E-state index in [1.807, 2.05) is 19.1 Å². The van der Waals surface area contributed by atoms with Gasteiger partial charge in [0.25, 0.3) is 0 Å². The maximum atomic E-state index is 12.3. The van der Waals surface area contributed by atoms with E-state index in [2.05, 4.69) is 10.2 Å². The van der Waals surface area contributed by atoms with Gasteiger partial charge in [0.05, 0.1) is 24.9 Å². The monoisotopic (exact) mass is 366 g/mol. The molecule has 3 heterocycles. The molecule has 1 fully saturated rings. The minimum Gasteiger partial charge on any atom is -0.464 e. The maximum absolute atomic E-state index is 12.3. The first-order valence-corrected chi connectivity index (χ1v) is 9.20. The predicted molar refractivity (Wildman–Crippen MR) is 92.5 cm³/mol. The second-order valence-electron chi connectivity index (χ2n) is 6.11. The number of amides is 1. The van der Waals surface area contributed by atoms with Gasteiger partial charge >= 0.3 is 5.69 Å². The van der Waals surface area contributed by atoms with E-state index in [9.17, 15) is 9.59 Å². The summed E-state index contributed by atoms with van der Waals surface area (Å²) in [5.74, 6) is 1.71. The largest absolute Gasteiger partial charge is 0.464 e. The van der Waals surface area contributed by atoms with E-state index in [0.717, 1.165) is 31.0 Å². The average molecular weight is 366 g/mol. The molecular formula is C16H22N4O4S. The van der Waals surface area contributed by atoms with Crippen molar-refractivity contribution in [1.29, 1.82) is 0 Å². The molecule has 136 valence electrons. The second kappa shape index (κ2) is 7.92. The number of aryl methyl sites for hydroxylation is 1. The van der Waals surface area contributed by atoms with Gasteiger partial charge in [-0.05, 0) is 31.9 Å². The molecule has 25 heavy (non-hydrogen) atoms. The molecule has 1 aliphatic rings. The summed E-state index contributed by atoms with van der Waals surface area (Å²) in [4.78, 5) is 25.8. The Bertz CT molecular complexity index is 775. The fraction of sp³-hybridized carbons (Fsp3) is 0.562. The number of nitrogens with zero attached hydrogens (tertiary/aromatic N) is 3. The zero-order valence-corrected chi connectivity index (χ0v) is 15.2. The molecule has 1 atom stereocenters. The Morgan fingerprint density at radius 1 is 1.52 bits per heavy atom. The third-order valence-corrected chi connectivity index (χ3v) is 5.03. The molecule has 2 aromatic heterocycles. The van der Waals surface area contributed by atoms with Crippen LogP contribution >= 0.6 is 11.8 Å². The van der Waals surface area contributed by atoms with Crippen molar-refractivity contribution in [3.63, 3.8) is 0 Å². The molecular weight excluding hydrogens is 344 g/mol. The van der Waals surface area contributed by atoms with Gasteiger partial charge in [-0.25, -0.2) is 9.89 Å². The normalized spacial score (nSPS) is 17.1. The lowest BCUT2D eigenvalue weighted by Crippen LogP contribution is -2.28. The molecule has 3 rings (SSSR count). The summed E-state index contributed by atoms with van der Waals surface area (Å²) in [6.45, 7) is 3.48. The number of furan rings is 1. The van der Waals surface area contributed by atoms with Crippen molar-refractivity contribution >= 4 is 17.7 Å². The number of aromatic amines is 1. The third kappa shape index (κ3) is 4.55. The summed E-state index contributed by atoms with van der Waals surface area (Å²) in [5.41, 5.74) is -0.273. The van der Waals surface area contributed by atoms with Crippen molar-refractivity contribution in [2.45, 2.75) is 44.1 Å². The minimum absolute atomic E-state index is 0.0372. The number of hydrogen-bond acceptors (Lipinski definition) is 6. The molecule has 2 aromatic rings. The number of rotatable bonds is 7. The van der Waals surface area contributed by atoms with E-state index in [4.69, 9.17) is 9.15 Å². The molecule has 9 heteroatoms. The van der Waals surface area contributed by atoms with E-state index in [-0.39, 0.29) is 23.5 Å². The van der Waals surface area contributed by atoms with E-state index in [1.165, 1.54) is 11.8 Å². The lowest BCUT2D eigenvalue weighted by molar-refractivity contribution is -0.127. The summed E-state index contributed by atoms with van der Waals surface area (Å²) >= 11 is 1.25. The molecule has 1 unspecified atom stereocenters. The van der Waals surface area contributed by atoms with Crippen molar-refractivity contribution in [1.82, 2.24) is 19.7 Å². The van der Waals surface area contributed by atoms with Gasteiger partial charge in [0, 0.05) is 13.7 Å². The van der Waals surface area contributed by atoms with E-state index >= 15 is 0 Å². The van der Waals surface area contributed by atoms with E-state index in [0.29, 0.717) is 18.2 Å². The molecule has 1 amide bonds. The first kappa shape index (κ1) is 17.8. The summed E-state index contributed by atoms with van der Waals surface area (Å²) in [6, 6.07) is 3.73. The van der Waals surface area contributed by atoms with Crippen LogP contribution in [-0.4, -0.2) is 51.1 Å². The maximum Gasteiger partial charge on any atom is 0.344 e. The highest BCUT2D eigenvalue weighted by molar-refractivity contribution is 7.99. The molecule has 0 aromatic carbocycles. The molecule has 0 spiro atoms. The molecule has 1 N–H and O–H groups in total. The van der Waals surface area contributed by atoms with Crippen LogP contribution in [0.1, 0.15) is 24.4 Å². The fourth-order valence-corrected chi connectivity index (χ4v) is 3.59. The Labute approximate surface area is 149 Å². The van der Waals surface area contributed by atoms with Gasteiger partial charge in [0.1, 0.15) is 11.5 Å². The van der Waals surface area contributed by atoms with Crippen LogP contribution in [0.15, 0.2) is 26.5 Å². The third-order valence-electron chi connectivity index (χ3n) is 4.07. The highest BCUT2D eigenvalue weighted by Crippen LogP contribution is 2.18. The number of carbonyl (C=O) groups is 1. The van der Waals surface area contributed by atoms with Crippen molar-refractivity contribution in [2.24, 2.45) is 0 Å². The smallest absolute Gasteiger partial charge is 0.344 e. The number of H-pyrrole nitrogens is 1. The summed E-state index contributed by atoms with van der Waals surface area (Å²) in [6.07, 6.45) is 1.98. The Balaban J connectivity index is 1.55. The van der Waals surface area contributed by atoms with Gasteiger partial charge in [0.2, 0.25) is 5.91 Å². The zero-order valence-electron chi connectivity index (χ0n) is 14.4. The number of aromatic nitrogens is 3. The summed E-state index contributed by atoms with van der Waals surface area (Å²) in [5, 5.41) is 6.98. The lowest BCUT2D eigenvalue weighted by atomic mass is 10.2. The first-order valence-electron chi connectivity index (χ1n) is 8.22. The molecule has 1 saturated heterocycles. The van der Waals surface area contributed by atoms with Gasteiger partial charge in [-0.1, -0.05) is 11.8 Å². The van der Waals surface area contributed by atoms with Crippen LogP contribution in [0.5, 0.6) is 0 Å². The molecule has 0 radical (unpaired) electrons. The molecule has 1 aliphatic heterocycles. The molecule has 8 nitrogen and oxygen atoms in total. The lowest BCUT2D eigenvalue weighted by Gasteiger charge is -2.15. The van der Waals surface area contributed by atoms with Crippen LogP contribution < -0.4 is 5.69 Å². The second-order valence-corrected chi connectivity index (χ2v) is 7.05. The van der Waals surface area contributed by atoms with Crippen LogP contribution in [-0.2, 0) is 22.6 Å². The molecule has 0 bridgehead atoms. The summed E-state index contributed by atoms with van der Waals surface area (Å²) < 4.78 is 12.6. The number of carbonyl (C=O) groups excluding carboxylic acids is 1. The Morgan fingerprint density at radius 3 is 3.04 bits per heavy atom. The Hall–Kier alpha value is -2.00. The quantitative estimate of drug-likeness (QED) is 0.745. The van der Waals surface area contributed by atoms with Crippen molar-refractivity contribution in [2.75, 3.05) is 19.4 Å². The van der Waals surface area contributed by atoms with Gasteiger partial charge in [0.15, 0.2) is 5.16 Å². The van der Waals surface area contributed by atoms with Gasteiger partial charge < -0.3 is 14.1 Å². The zero-order chi connectivity index (χ0) is 17.8. The van der Waals surface area contributed by atoms with Crippen LogP contribution in [0.2, 0.25) is 0 Å². The van der Waals surface area contributed by atoms with Crippen molar-refractivity contribution < 1.29 is 13.9 Å². The number of thioether (sulfide) groups is 1. The SMILES string of the molecule is Cc1ccc(CN(C)C(=O)CSc2n[nH]c(=O)n2CC2CCCO2)o1. The summed E-state index contributed by atoms with van der Waals surface area (Å²) in [7, 11) is 1.73. The molecule has 0 saturated carbocycles. The van der Waals surface area contributed by atoms with Crippen LogP contribution in [0.3, 0.4) is 0 Å².